The molecule has 17 heavy (non-hydrogen) atoms. The molecule has 0 saturated carbocycles. The number of para-hydroxylation sites is 1. The number of hydrogen-bond donors (Lipinski definition) is 3. The van der Waals surface area contributed by atoms with Gasteiger partial charge in [0.25, 0.3) is 0 Å². The van der Waals surface area contributed by atoms with Crippen LogP contribution in [0.2, 0.25) is 0 Å². The number of carboxylic acid groups (broad SMARTS) is 1. The van der Waals surface area contributed by atoms with E-state index in [2.05, 4.69) is 10.3 Å². The molecule has 0 radical (unpaired) electrons. The Labute approximate surface area is 97.4 Å². The molecular weight excluding hydrogens is 220 g/mol. The standard InChI is InChI=1S/C12H12N2O3/c15-11(12(16)17)13-6-5-8-7-14-10-4-2-1-3-9(8)10/h1-4,7,14H,5-6H2,(H,13,15)(H,16,17). The highest BCUT2D eigenvalue weighted by Gasteiger charge is 2.10. The summed E-state index contributed by atoms with van der Waals surface area (Å²) in [6, 6.07) is 7.83. The zero-order valence-corrected chi connectivity index (χ0v) is 9.06. The summed E-state index contributed by atoms with van der Waals surface area (Å²) < 4.78 is 0. The van der Waals surface area contributed by atoms with Crippen LogP contribution < -0.4 is 5.32 Å². The second-order valence-electron chi connectivity index (χ2n) is 3.67. The maximum atomic E-state index is 10.8. The van der Waals surface area contributed by atoms with E-state index in [0.29, 0.717) is 13.0 Å². The molecule has 1 aromatic carbocycles. The summed E-state index contributed by atoms with van der Waals surface area (Å²) in [5.74, 6) is -2.42. The average Bonchev–Trinajstić information content (AvgIpc) is 2.72. The number of H-pyrrole nitrogens is 1. The molecule has 1 heterocycles. The second kappa shape index (κ2) is 4.69. The maximum absolute atomic E-state index is 10.8. The smallest absolute Gasteiger partial charge is 0.394 e. The summed E-state index contributed by atoms with van der Waals surface area (Å²) >= 11 is 0. The van der Waals surface area contributed by atoms with E-state index in [1.54, 1.807) is 0 Å². The normalized spacial score (nSPS) is 10.4. The van der Waals surface area contributed by atoms with Crippen LogP contribution in [-0.2, 0) is 16.0 Å². The van der Waals surface area contributed by atoms with Crippen molar-refractivity contribution in [2.45, 2.75) is 6.42 Å². The molecule has 0 unspecified atom stereocenters. The van der Waals surface area contributed by atoms with Crippen molar-refractivity contribution in [3.05, 3.63) is 36.0 Å². The summed E-state index contributed by atoms with van der Waals surface area (Å²) in [6.45, 7) is 0.312. The number of carbonyl (C=O) groups excluding carboxylic acids is 1. The van der Waals surface area contributed by atoms with Crippen molar-refractivity contribution >= 4 is 22.8 Å². The molecule has 5 nitrogen and oxygen atoms in total. The summed E-state index contributed by atoms with van der Waals surface area (Å²) in [6.07, 6.45) is 2.47. The van der Waals surface area contributed by atoms with Gasteiger partial charge in [0.2, 0.25) is 0 Å². The highest BCUT2D eigenvalue weighted by molar-refractivity contribution is 6.31. The Morgan fingerprint density at radius 3 is 2.82 bits per heavy atom. The molecule has 0 aliphatic heterocycles. The topological polar surface area (TPSA) is 82.2 Å². The Morgan fingerprint density at radius 2 is 2.06 bits per heavy atom. The molecule has 0 fully saturated rings. The molecule has 0 atom stereocenters. The van der Waals surface area contributed by atoms with E-state index in [4.69, 9.17) is 5.11 Å². The molecule has 1 amide bonds. The van der Waals surface area contributed by atoms with Crippen molar-refractivity contribution in [2.75, 3.05) is 6.54 Å². The SMILES string of the molecule is O=C(O)C(=O)NCCc1c[nH]c2ccccc12. The molecule has 88 valence electrons. The Balaban J connectivity index is 2.00. The number of carbonyl (C=O) groups is 2. The highest BCUT2D eigenvalue weighted by Crippen LogP contribution is 2.17. The van der Waals surface area contributed by atoms with Gasteiger partial charge >= 0.3 is 11.9 Å². The van der Waals surface area contributed by atoms with Gasteiger partial charge in [0.05, 0.1) is 0 Å². The van der Waals surface area contributed by atoms with Crippen molar-refractivity contribution in [3.63, 3.8) is 0 Å². The van der Waals surface area contributed by atoms with Gasteiger partial charge in [0, 0.05) is 23.6 Å². The Kier molecular flexibility index (Phi) is 3.09. The van der Waals surface area contributed by atoms with E-state index in [0.717, 1.165) is 16.5 Å². The molecule has 0 aliphatic carbocycles. The number of hydrogen-bond acceptors (Lipinski definition) is 2. The van der Waals surface area contributed by atoms with Gasteiger partial charge in [-0.25, -0.2) is 4.79 Å². The number of aromatic nitrogens is 1. The molecule has 2 rings (SSSR count). The van der Waals surface area contributed by atoms with Gasteiger partial charge in [-0.15, -0.1) is 0 Å². The minimum Gasteiger partial charge on any atom is -0.474 e. The molecule has 1 aromatic heterocycles. The van der Waals surface area contributed by atoms with Crippen LogP contribution in [0.3, 0.4) is 0 Å². The van der Waals surface area contributed by atoms with Crippen LogP contribution in [0.1, 0.15) is 5.56 Å². The first kappa shape index (κ1) is 11.2. The fourth-order valence-corrected chi connectivity index (χ4v) is 1.72. The van der Waals surface area contributed by atoms with Crippen molar-refractivity contribution < 1.29 is 14.7 Å². The summed E-state index contributed by atoms with van der Waals surface area (Å²) in [4.78, 5) is 24.2. The number of carboxylic acids is 1. The number of benzene rings is 1. The van der Waals surface area contributed by atoms with E-state index in [9.17, 15) is 9.59 Å². The summed E-state index contributed by atoms with van der Waals surface area (Å²) in [7, 11) is 0. The van der Waals surface area contributed by atoms with Crippen LogP contribution >= 0.6 is 0 Å². The number of aliphatic carboxylic acids is 1. The van der Waals surface area contributed by atoms with Gasteiger partial charge < -0.3 is 15.4 Å². The number of aromatic amines is 1. The van der Waals surface area contributed by atoms with Crippen LogP contribution in [0, 0.1) is 0 Å². The molecule has 0 saturated heterocycles. The van der Waals surface area contributed by atoms with E-state index < -0.39 is 11.9 Å². The van der Waals surface area contributed by atoms with Crippen LogP contribution in [0.5, 0.6) is 0 Å². The lowest BCUT2D eigenvalue weighted by atomic mass is 10.1. The minimum absolute atomic E-state index is 0.312. The van der Waals surface area contributed by atoms with Gasteiger partial charge in [-0.3, -0.25) is 4.79 Å². The third-order valence-corrected chi connectivity index (χ3v) is 2.55. The van der Waals surface area contributed by atoms with Crippen LogP contribution in [-0.4, -0.2) is 28.5 Å². The van der Waals surface area contributed by atoms with Gasteiger partial charge in [-0.05, 0) is 18.1 Å². The molecule has 5 heteroatoms. The monoisotopic (exact) mass is 232 g/mol. The second-order valence-corrected chi connectivity index (χ2v) is 3.67. The summed E-state index contributed by atoms with van der Waals surface area (Å²) in [5.41, 5.74) is 2.10. The molecule has 2 aromatic rings. The lowest BCUT2D eigenvalue weighted by Gasteiger charge is -2.01. The lowest BCUT2D eigenvalue weighted by Crippen LogP contribution is -2.32. The Bertz CT molecular complexity index is 560. The average molecular weight is 232 g/mol. The van der Waals surface area contributed by atoms with E-state index in [-0.39, 0.29) is 0 Å². The number of rotatable bonds is 3. The van der Waals surface area contributed by atoms with Crippen molar-refractivity contribution in [3.8, 4) is 0 Å². The number of fused-ring (bicyclic) bond motifs is 1. The first-order valence-electron chi connectivity index (χ1n) is 5.24. The maximum Gasteiger partial charge on any atom is 0.394 e. The van der Waals surface area contributed by atoms with E-state index in [1.165, 1.54) is 0 Å². The zero-order chi connectivity index (χ0) is 12.3. The van der Waals surface area contributed by atoms with Gasteiger partial charge in [-0.1, -0.05) is 18.2 Å². The van der Waals surface area contributed by atoms with Gasteiger partial charge in [0.1, 0.15) is 0 Å². The van der Waals surface area contributed by atoms with E-state index in [1.807, 2.05) is 30.5 Å². The first-order valence-corrected chi connectivity index (χ1v) is 5.24. The van der Waals surface area contributed by atoms with Gasteiger partial charge in [0.15, 0.2) is 0 Å². The quantitative estimate of drug-likeness (QED) is 0.688. The number of nitrogens with one attached hydrogen (secondary N) is 2. The third kappa shape index (κ3) is 2.44. The molecule has 3 N–H and O–H groups in total. The molecule has 0 bridgehead atoms. The predicted octanol–water partition coefficient (Wildman–Crippen LogP) is 0.911. The third-order valence-electron chi connectivity index (χ3n) is 2.55. The highest BCUT2D eigenvalue weighted by atomic mass is 16.4. The van der Waals surface area contributed by atoms with Crippen molar-refractivity contribution in [2.24, 2.45) is 0 Å². The molecule has 0 spiro atoms. The first-order chi connectivity index (χ1) is 8.18. The lowest BCUT2D eigenvalue weighted by molar-refractivity contribution is -0.150. The van der Waals surface area contributed by atoms with Crippen molar-refractivity contribution in [1.82, 2.24) is 10.3 Å². The molecule has 0 aliphatic rings. The van der Waals surface area contributed by atoms with Gasteiger partial charge in [-0.2, -0.15) is 0 Å². The fraction of sp³-hybridized carbons (Fsp3) is 0.167. The molecular formula is C12H12N2O3. The Hall–Kier alpha value is -2.30. The Morgan fingerprint density at radius 1 is 1.29 bits per heavy atom. The minimum atomic E-state index is -1.45. The van der Waals surface area contributed by atoms with Crippen LogP contribution in [0.15, 0.2) is 30.5 Å². The predicted molar refractivity (Wildman–Crippen MR) is 62.6 cm³/mol. The number of amides is 1. The summed E-state index contributed by atoms with van der Waals surface area (Å²) in [5, 5.41) is 11.8. The zero-order valence-electron chi connectivity index (χ0n) is 9.06. The van der Waals surface area contributed by atoms with Crippen molar-refractivity contribution in [1.29, 1.82) is 0 Å². The van der Waals surface area contributed by atoms with E-state index >= 15 is 0 Å². The van der Waals surface area contributed by atoms with Crippen LogP contribution in [0.25, 0.3) is 10.9 Å². The fourth-order valence-electron chi connectivity index (χ4n) is 1.72. The van der Waals surface area contributed by atoms with Crippen LogP contribution in [0.4, 0.5) is 0 Å². The largest absolute Gasteiger partial charge is 0.474 e.